The molecule has 0 saturated carbocycles. The third-order valence-electron chi connectivity index (χ3n) is 3.45. The average molecular weight is 306 g/mol. The van der Waals surface area contributed by atoms with E-state index in [1.54, 1.807) is 19.2 Å². The lowest BCUT2D eigenvalue weighted by Crippen LogP contribution is -2.14. The van der Waals surface area contributed by atoms with Gasteiger partial charge in [-0.3, -0.25) is 4.79 Å². The molecule has 1 amide bonds. The van der Waals surface area contributed by atoms with Crippen LogP contribution in [0.1, 0.15) is 18.1 Å². The predicted octanol–water partition coefficient (Wildman–Crippen LogP) is 3.80. The van der Waals surface area contributed by atoms with Crippen molar-refractivity contribution in [2.24, 2.45) is 0 Å². The van der Waals surface area contributed by atoms with Gasteiger partial charge in [-0.2, -0.15) is 5.26 Å². The van der Waals surface area contributed by atoms with E-state index >= 15 is 0 Å². The van der Waals surface area contributed by atoms with Gasteiger partial charge in [0.05, 0.1) is 7.11 Å². The van der Waals surface area contributed by atoms with E-state index in [9.17, 15) is 10.1 Å². The summed E-state index contributed by atoms with van der Waals surface area (Å²) in [7, 11) is 1.55. The van der Waals surface area contributed by atoms with Gasteiger partial charge in [0.1, 0.15) is 17.4 Å². The Morgan fingerprint density at radius 2 is 1.91 bits per heavy atom. The van der Waals surface area contributed by atoms with Gasteiger partial charge in [0.15, 0.2) is 0 Å². The second-order valence-electron chi connectivity index (χ2n) is 4.88. The number of rotatable bonds is 5. The summed E-state index contributed by atoms with van der Waals surface area (Å²) in [6, 6.07) is 16.7. The van der Waals surface area contributed by atoms with Crippen LogP contribution in [0, 0.1) is 11.3 Å². The molecule has 2 aromatic rings. The van der Waals surface area contributed by atoms with Crippen LogP contribution in [0.5, 0.6) is 5.75 Å². The van der Waals surface area contributed by atoms with Gasteiger partial charge in [-0.25, -0.2) is 0 Å². The fourth-order valence-electron chi connectivity index (χ4n) is 2.23. The SMILES string of the molecule is CCc1ccccc1NC(=O)C(C#N)=Cc1ccccc1OC. The lowest BCUT2D eigenvalue weighted by atomic mass is 10.1. The molecular formula is C19H18N2O2. The zero-order valence-electron chi connectivity index (χ0n) is 13.2. The van der Waals surface area contributed by atoms with Gasteiger partial charge in [-0.1, -0.05) is 43.3 Å². The van der Waals surface area contributed by atoms with Crippen molar-refractivity contribution >= 4 is 17.7 Å². The van der Waals surface area contributed by atoms with Crippen molar-refractivity contribution in [2.75, 3.05) is 12.4 Å². The van der Waals surface area contributed by atoms with Gasteiger partial charge in [0, 0.05) is 11.3 Å². The number of methoxy groups -OCH3 is 1. The van der Waals surface area contributed by atoms with Crippen LogP contribution in [0.4, 0.5) is 5.69 Å². The Kier molecular flexibility index (Phi) is 5.54. The Hall–Kier alpha value is -3.06. The first kappa shape index (κ1) is 16.3. The minimum Gasteiger partial charge on any atom is -0.496 e. The Labute approximate surface area is 136 Å². The molecule has 4 heteroatoms. The normalized spacial score (nSPS) is 10.7. The lowest BCUT2D eigenvalue weighted by molar-refractivity contribution is -0.112. The number of nitriles is 1. The topological polar surface area (TPSA) is 62.1 Å². The number of para-hydroxylation sites is 2. The summed E-state index contributed by atoms with van der Waals surface area (Å²) in [4.78, 5) is 12.4. The van der Waals surface area contributed by atoms with Gasteiger partial charge in [-0.05, 0) is 30.2 Å². The summed E-state index contributed by atoms with van der Waals surface area (Å²) in [5.41, 5.74) is 2.46. The largest absolute Gasteiger partial charge is 0.496 e. The van der Waals surface area contributed by atoms with Crippen molar-refractivity contribution in [3.63, 3.8) is 0 Å². The van der Waals surface area contributed by atoms with E-state index < -0.39 is 5.91 Å². The summed E-state index contributed by atoms with van der Waals surface area (Å²) < 4.78 is 5.24. The van der Waals surface area contributed by atoms with E-state index in [1.165, 1.54) is 6.08 Å². The molecule has 0 heterocycles. The minimum atomic E-state index is -0.431. The number of carbonyl (C=O) groups excluding carboxylic acids is 1. The van der Waals surface area contributed by atoms with Crippen molar-refractivity contribution < 1.29 is 9.53 Å². The van der Waals surface area contributed by atoms with Crippen LogP contribution >= 0.6 is 0 Å². The van der Waals surface area contributed by atoms with Gasteiger partial charge < -0.3 is 10.1 Å². The van der Waals surface area contributed by atoms with Crippen LogP contribution in [0.15, 0.2) is 54.1 Å². The smallest absolute Gasteiger partial charge is 0.266 e. The Balaban J connectivity index is 2.29. The van der Waals surface area contributed by atoms with Crippen molar-refractivity contribution in [1.82, 2.24) is 0 Å². The number of carbonyl (C=O) groups is 1. The molecule has 23 heavy (non-hydrogen) atoms. The van der Waals surface area contributed by atoms with E-state index in [1.807, 2.05) is 49.4 Å². The van der Waals surface area contributed by atoms with Crippen LogP contribution in [0.3, 0.4) is 0 Å². The molecule has 0 aliphatic carbocycles. The van der Waals surface area contributed by atoms with Crippen LogP contribution in [0.25, 0.3) is 6.08 Å². The highest BCUT2D eigenvalue weighted by atomic mass is 16.5. The highest BCUT2D eigenvalue weighted by Gasteiger charge is 2.12. The maximum absolute atomic E-state index is 12.4. The van der Waals surface area contributed by atoms with Crippen LogP contribution < -0.4 is 10.1 Å². The lowest BCUT2D eigenvalue weighted by Gasteiger charge is -2.09. The number of nitrogens with zero attached hydrogens (tertiary/aromatic N) is 1. The molecule has 1 N–H and O–H groups in total. The van der Waals surface area contributed by atoms with Gasteiger partial charge in [-0.15, -0.1) is 0 Å². The minimum absolute atomic E-state index is 0.0282. The maximum Gasteiger partial charge on any atom is 0.266 e. The maximum atomic E-state index is 12.4. The molecule has 2 aromatic carbocycles. The molecular weight excluding hydrogens is 288 g/mol. The molecule has 4 nitrogen and oxygen atoms in total. The molecule has 0 saturated heterocycles. The van der Waals surface area contributed by atoms with E-state index in [0.717, 1.165) is 17.7 Å². The summed E-state index contributed by atoms with van der Waals surface area (Å²) in [6.07, 6.45) is 2.33. The van der Waals surface area contributed by atoms with E-state index in [2.05, 4.69) is 5.32 Å². The molecule has 0 aliphatic heterocycles. The number of benzene rings is 2. The first-order valence-corrected chi connectivity index (χ1v) is 7.33. The van der Waals surface area contributed by atoms with Crippen molar-refractivity contribution in [1.29, 1.82) is 5.26 Å². The summed E-state index contributed by atoms with van der Waals surface area (Å²) in [5, 5.41) is 12.1. The highest BCUT2D eigenvalue weighted by Crippen LogP contribution is 2.21. The molecule has 0 aromatic heterocycles. The number of amides is 1. The second kappa shape index (κ2) is 7.81. The Morgan fingerprint density at radius 1 is 1.22 bits per heavy atom. The monoisotopic (exact) mass is 306 g/mol. The fourth-order valence-corrected chi connectivity index (χ4v) is 2.23. The third-order valence-corrected chi connectivity index (χ3v) is 3.45. The van der Waals surface area contributed by atoms with Crippen molar-refractivity contribution in [2.45, 2.75) is 13.3 Å². The van der Waals surface area contributed by atoms with Gasteiger partial charge >= 0.3 is 0 Å². The van der Waals surface area contributed by atoms with Crippen LogP contribution in [-0.2, 0) is 11.2 Å². The first-order valence-electron chi connectivity index (χ1n) is 7.33. The van der Waals surface area contributed by atoms with Crippen molar-refractivity contribution in [3.05, 3.63) is 65.2 Å². The standard InChI is InChI=1S/C19H18N2O2/c1-3-14-8-4-6-10-17(14)21-19(22)16(13-20)12-15-9-5-7-11-18(15)23-2/h4-12H,3H2,1-2H3,(H,21,22). The van der Waals surface area contributed by atoms with E-state index in [-0.39, 0.29) is 5.57 Å². The van der Waals surface area contributed by atoms with Crippen LogP contribution in [0.2, 0.25) is 0 Å². The molecule has 0 unspecified atom stereocenters. The van der Waals surface area contributed by atoms with E-state index in [4.69, 9.17) is 4.74 Å². The summed E-state index contributed by atoms with van der Waals surface area (Å²) >= 11 is 0. The van der Waals surface area contributed by atoms with Crippen molar-refractivity contribution in [3.8, 4) is 11.8 Å². The number of hydrogen-bond acceptors (Lipinski definition) is 3. The first-order chi connectivity index (χ1) is 11.2. The number of ether oxygens (including phenoxy) is 1. The quantitative estimate of drug-likeness (QED) is 0.675. The predicted molar refractivity (Wildman–Crippen MR) is 91.0 cm³/mol. The molecule has 0 atom stereocenters. The molecule has 2 rings (SSSR count). The Morgan fingerprint density at radius 3 is 2.61 bits per heavy atom. The van der Waals surface area contributed by atoms with Gasteiger partial charge in [0.25, 0.3) is 5.91 Å². The number of nitrogens with one attached hydrogen (secondary N) is 1. The summed E-state index contributed by atoms with van der Waals surface area (Å²) in [6.45, 7) is 2.01. The Bertz CT molecular complexity index is 773. The number of anilines is 1. The molecule has 0 radical (unpaired) electrons. The molecule has 0 fully saturated rings. The zero-order valence-corrected chi connectivity index (χ0v) is 13.2. The number of aryl methyl sites for hydroxylation is 1. The van der Waals surface area contributed by atoms with Gasteiger partial charge in [0.2, 0.25) is 0 Å². The third kappa shape index (κ3) is 3.98. The highest BCUT2D eigenvalue weighted by molar-refractivity contribution is 6.10. The number of hydrogen-bond donors (Lipinski definition) is 1. The zero-order chi connectivity index (χ0) is 16.7. The van der Waals surface area contributed by atoms with Crippen LogP contribution in [-0.4, -0.2) is 13.0 Å². The fraction of sp³-hybridized carbons (Fsp3) is 0.158. The van der Waals surface area contributed by atoms with E-state index in [0.29, 0.717) is 11.3 Å². The molecule has 0 spiro atoms. The second-order valence-corrected chi connectivity index (χ2v) is 4.88. The molecule has 0 aliphatic rings. The summed E-state index contributed by atoms with van der Waals surface area (Å²) in [5.74, 6) is 0.182. The molecule has 0 bridgehead atoms. The average Bonchev–Trinajstić information content (AvgIpc) is 2.60. The molecule has 116 valence electrons.